The van der Waals surface area contributed by atoms with Crippen LogP contribution in [0.5, 0.6) is 0 Å². The largest absolute Gasteiger partial charge is 0.341 e. The van der Waals surface area contributed by atoms with E-state index in [-0.39, 0.29) is 18.5 Å². The van der Waals surface area contributed by atoms with Gasteiger partial charge in [0.2, 0.25) is 0 Å². The fourth-order valence-electron chi connectivity index (χ4n) is 2.45. The van der Waals surface area contributed by atoms with Crippen LogP contribution >= 0.6 is 22.6 Å². The van der Waals surface area contributed by atoms with Gasteiger partial charge < -0.3 is 10.6 Å². The average molecular weight is 445 g/mol. The van der Waals surface area contributed by atoms with Crippen LogP contribution < -0.4 is 15.5 Å². The molecule has 2 aromatic rings. The minimum atomic E-state index is -0.130. The SMILES string of the molecule is O=C(NCC#Cc1ccc(N2CCNC2=O)cc1)c1ccccc1I. The van der Waals surface area contributed by atoms with Crippen LogP contribution in [0.4, 0.5) is 10.5 Å². The summed E-state index contributed by atoms with van der Waals surface area (Å²) in [5.41, 5.74) is 2.34. The van der Waals surface area contributed by atoms with Gasteiger partial charge >= 0.3 is 6.03 Å². The number of nitrogens with one attached hydrogen (secondary N) is 2. The Hall–Kier alpha value is -2.53. The van der Waals surface area contributed by atoms with Gasteiger partial charge in [-0.05, 0) is 59.0 Å². The number of rotatable bonds is 3. The van der Waals surface area contributed by atoms with E-state index in [2.05, 4.69) is 45.1 Å². The predicted octanol–water partition coefficient (Wildman–Crippen LogP) is 2.60. The Morgan fingerprint density at radius 2 is 1.96 bits per heavy atom. The highest BCUT2D eigenvalue weighted by atomic mass is 127. The minimum Gasteiger partial charge on any atom is -0.341 e. The molecule has 0 bridgehead atoms. The number of carbonyl (C=O) groups is 2. The van der Waals surface area contributed by atoms with Crippen molar-refractivity contribution in [2.45, 2.75) is 0 Å². The summed E-state index contributed by atoms with van der Waals surface area (Å²) in [6.45, 7) is 1.62. The lowest BCUT2D eigenvalue weighted by molar-refractivity contribution is 0.0958. The Balaban J connectivity index is 1.56. The number of hydrogen-bond acceptors (Lipinski definition) is 2. The summed E-state index contributed by atoms with van der Waals surface area (Å²) in [6.07, 6.45) is 0. The normalized spacial score (nSPS) is 13.0. The summed E-state index contributed by atoms with van der Waals surface area (Å²) in [4.78, 5) is 25.4. The van der Waals surface area contributed by atoms with Gasteiger partial charge in [0.1, 0.15) is 0 Å². The third-order valence-corrected chi connectivity index (χ3v) is 4.66. The van der Waals surface area contributed by atoms with Crippen molar-refractivity contribution >= 4 is 40.2 Å². The molecule has 5 nitrogen and oxygen atoms in total. The summed E-state index contributed by atoms with van der Waals surface area (Å²) >= 11 is 2.14. The van der Waals surface area contributed by atoms with E-state index >= 15 is 0 Å². The third-order valence-electron chi connectivity index (χ3n) is 3.72. The molecule has 0 radical (unpaired) electrons. The topological polar surface area (TPSA) is 61.4 Å². The van der Waals surface area contributed by atoms with E-state index < -0.39 is 0 Å². The Kier molecular flexibility index (Phi) is 5.56. The maximum Gasteiger partial charge on any atom is 0.321 e. The van der Waals surface area contributed by atoms with Crippen molar-refractivity contribution in [2.24, 2.45) is 0 Å². The molecule has 3 rings (SSSR count). The van der Waals surface area contributed by atoms with Gasteiger partial charge in [0, 0.05) is 27.9 Å². The molecule has 1 aliphatic heterocycles. The lowest BCUT2D eigenvalue weighted by Crippen LogP contribution is -2.27. The molecule has 1 heterocycles. The number of urea groups is 1. The van der Waals surface area contributed by atoms with E-state index in [0.29, 0.717) is 18.7 Å². The zero-order valence-corrected chi connectivity index (χ0v) is 15.5. The molecule has 0 saturated carbocycles. The van der Waals surface area contributed by atoms with Gasteiger partial charge in [0.05, 0.1) is 12.1 Å². The van der Waals surface area contributed by atoms with E-state index in [9.17, 15) is 9.59 Å². The van der Waals surface area contributed by atoms with Crippen LogP contribution in [-0.4, -0.2) is 31.6 Å². The van der Waals surface area contributed by atoms with Crippen molar-refractivity contribution in [1.82, 2.24) is 10.6 Å². The molecule has 126 valence electrons. The molecule has 2 aromatic carbocycles. The second kappa shape index (κ2) is 8.03. The second-order valence-corrected chi connectivity index (χ2v) is 6.56. The number of benzene rings is 2. The molecular weight excluding hydrogens is 429 g/mol. The molecule has 0 spiro atoms. The summed E-state index contributed by atoms with van der Waals surface area (Å²) in [7, 11) is 0. The molecular formula is C19H16IN3O2. The average Bonchev–Trinajstić information content (AvgIpc) is 3.05. The standard InChI is InChI=1S/C19H16IN3O2/c20-17-6-2-1-5-16(17)18(24)21-11-3-4-14-7-9-15(10-8-14)23-13-12-22-19(23)25/h1-2,5-10H,11-13H2,(H,21,24)(H,22,25). The highest BCUT2D eigenvalue weighted by Crippen LogP contribution is 2.16. The minimum absolute atomic E-state index is 0.0721. The van der Waals surface area contributed by atoms with Crippen molar-refractivity contribution in [2.75, 3.05) is 24.5 Å². The van der Waals surface area contributed by atoms with Gasteiger partial charge in [-0.2, -0.15) is 0 Å². The summed E-state index contributed by atoms with van der Waals surface area (Å²) < 4.78 is 0.909. The van der Waals surface area contributed by atoms with Crippen molar-refractivity contribution in [3.63, 3.8) is 0 Å². The highest BCUT2D eigenvalue weighted by Gasteiger charge is 2.20. The van der Waals surface area contributed by atoms with E-state index in [0.717, 1.165) is 14.8 Å². The number of anilines is 1. The van der Waals surface area contributed by atoms with Crippen molar-refractivity contribution in [1.29, 1.82) is 0 Å². The van der Waals surface area contributed by atoms with Crippen LogP contribution in [0.1, 0.15) is 15.9 Å². The van der Waals surface area contributed by atoms with Gasteiger partial charge in [-0.15, -0.1) is 0 Å². The fraction of sp³-hybridized carbons (Fsp3) is 0.158. The summed E-state index contributed by atoms with van der Waals surface area (Å²) in [6, 6.07) is 14.8. The van der Waals surface area contributed by atoms with Crippen molar-refractivity contribution in [3.05, 3.63) is 63.2 Å². The second-order valence-electron chi connectivity index (χ2n) is 5.39. The molecule has 6 heteroatoms. The molecule has 0 unspecified atom stereocenters. The molecule has 1 aliphatic rings. The molecule has 2 N–H and O–H groups in total. The number of halogens is 1. The first-order valence-electron chi connectivity index (χ1n) is 7.82. The van der Waals surface area contributed by atoms with E-state index in [1.54, 1.807) is 11.0 Å². The van der Waals surface area contributed by atoms with E-state index in [1.165, 1.54) is 0 Å². The Morgan fingerprint density at radius 1 is 1.20 bits per heavy atom. The van der Waals surface area contributed by atoms with Gasteiger partial charge in [0.15, 0.2) is 0 Å². The molecule has 0 aliphatic carbocycles. The Labute approximate surface area is 159 Å². The lowest BCUT2D eigenvalue weighted by atomic mass is 10.2. The fourth-order valence-corrected chi connectivity index (χ4v) is 3.09. The number of amides is 3. The van der Waals surface area contributed by atoms with Crippen LogP contribution in [-0.2, 0) is 0 Å². The molecule has 25 heavy (non-hydrogen) atoms. The first-order valence-corrected chi connectivity index (χ1v) is 8.90. The van der Waals surface area contributed by atoms with Gasteiger partial charge in [-0.25, -0.2) is 4.79 Å². The van der Waals surface area contributed by atoms with Crippen LogP contribution in [0.15, 0.2) is 48.5 Å². The summed E-state index contributed by atoms with van der Waals surface area (Å²) in [5, 5.41) is 5.56. The first-order chi connectivity index (χ1) is 12.1. The Bertz CT molecular complexity index is 853. The molecule has 0 atom stereocenters. The van der Waals surface area contributed by atoms with Gasteiger partial charge in [-0.3, -0.25) is 9.69 Å². The predicted molar refractivity (Wildman–Crippen MR) is 106 cm³/mol. The zero-order valence-electron chi connectivity index (χ0n) is 13.4. The quantitative estimate of drug-likeness (QED) is 0.564. The van der Waals surface area contributed by atoms with Crippen molar-refractivity contribution < 1.29 is 9.59 Å². The third kappa shape index (κ3) is 4.31. The number of hydrogen-bond donors (Lipinski definition) is 2. The number of carbonyl (C=O) groups excluding carboxylic acids is 2. The smallest absolute Gasteiger partial charge is 0.321 e. The molecule has 1 fully saturated rings. The van der Waals surface area contributed by atoms with Crippen LogP contribution in [0.2, 0.25) is 0 Å². The van der Waals surface area contributed by atoms with Crippen LogP contribution in [0, 0.1) is 15.4 Å². The van der Waals surface area contributed by atoms with Gasteiger partial charge in [-0.1, -0.05) is 24.0 Å². The molecule has 0 aromatic heterocycles. The summed E-state index contributed by atoms with van der Waals surface area (Å²) in [5.74, 6) is 5.82. The molecule has 1 saturated heterocycles. The zero-order chi connectivity index (χ0) is 17.6. The lowest BCUT2D eigenvalue weighted by Gasteiger charge is -2.13. The van der Waals surface area contributed by atoms with Crippen molar-refractivity contribution in [3.8, 4) is 11.8 Å². The Morgan fingerprint density at radius 3 is 2.64 bits per heavy atom. The highest BCUT2D eigenvalue weighted by molar-refractivity contribution is 14.1. The molecule has 3 amide bonds. The number of nitrogens with zero attached hydrogens (tertiary/aromatic N) is 1. The maximum atomic E-state index is 12.1. The van der Waals surface area contributed by atoms with Crippen LogP contribution in [0.3, 0.4) is 0 Å². The van der Waals surface area contributed by atoms with E-state index in [1.807, 2.05) is 42.5 Å². The monoisotopic (exact) mass is 445 g/mol. The van der Waals surface area contributed by atoms with E-state index in [4.69, 9.17) is 0 Å². The van der Waals surface area contributed by atoms with Gasteiger partial charge in [0.25, 0.3) is 5.91 Å². The maximum absolute atomic E-state index is 12.1. The van der Waals surface area contributed by atoms with Crippen LogP contribution in [0.25, 0.3) is 0 Å². The first kappa shape index (κ1) is 17.3.